The van der Waals surface area contributed by atoms with Crippen LogP contribution < -0.4 is 5.32 Å². The summed E-state index contributed by atoms with van der Waals surface area (Å²) in [5, 5.41) is 2.83. The highest BCUT2D eigenvalue weighted by molar-refractivity contribution is 5.89. The quantitative estimate of drug-likeness (QED) is 0.846. The Balaban J connectivity index is 1.72. The number of benzene rings is 1. The van der Waals surface area contributed by atoms with E-state index in [2.05, 4.69) is 30.4 Å². The van der Waals surface area contributed by atoms with Crippen LogP contribution in [-0.4, -0.2) is 22.8 Å². The number of nitrogens with zero attached hydrogens (tertiary/aromatic N) is 1. The molecule has 1 saturated heterocycles. The highest BCUT2D eigenvalue weighted by Gasteiger charge is 2.33. The van der Waals surface area contributed by atoms with Gasteiger partial charge in [-0.15, -0.1) is 0 Å². The number of nitrogens with one attached hydrogen (secondary N) is 1. The number of fused-ring (bicyclic) bond motifs is 1. The minimum atomic E-state index is -0.346. The van der Waals surface area contributed by atoms with E-state index in [9.17, 15) is 9.59 Å². The summed E-state index contributed by atoms with van der Waals surface area (Å²) in [7, 11) is 0. The molecule has 1 aromatic carbocycles. The summed E-state index contributed by atoms with van der Waals surface area (Å²) in [6.07, 6.45) is 1.28. The van der Waals surface area contributed by atoms with Gasteiger partial charge in [0, 0.05) is 19.5 Å². The lowest BCUT2D eigenvalue weighted by Crippen LogP contribution is -2.51. The zero-order valence-corrected chi connectivity index (χ0v) is 12.0. The van der Waals surface area contributed by atoms with Crippen LogP contribution in [0, 0.1) is 12.8 Å². The number of piperidine rings is 1. The Morgan fingerprint density at radius 3 is 2.80 bits per heavy atom. The lowest BCUT2D eigenvalue weighted by molar-refractivity contribution is -0.139. The Morgan fingerprint density at radius 1 is 1.30 bits per heavy atom. The fourth-order valence-corrected chi connectivity index (χ4v) is 3.18. The van der Waals surface area contributed by atoms with Crippen LogP contribution in [0.5, 0.6) is 0 Å². The lowest BCUT2D eigenvalue weighted by atomic mass is 9.93. The number of hydrogen-bond acceptors (Lipinski definition) is 2. The first-order valence-corrected chi connectivity index (χ1v) is 7.19. The van der Waals surface area contributed by atoms with Crippen molar-refractivity contribution in [2.45, 2.75) is 45.8 Å². The van der Waals surface area contributed by atoms with E-state index in [1.54, 1.807) is 0 Å². The van der Waals surface area contributed by atoms with Gasteiger partial charge in [0.1, 0.15) is 6.04 Å². The van der Waals surface area contributed by atoms with E-state index >= 15 is 0 Å². The number of rotatable bonds is 1. The maximum Gasteiger partial charge on any atom is 0.245 e. The second kappa shape index (κ2) is 4.93. The van der Waals surface area contributed by atoms with Crippen LogP contribution in [0.3, 0.4) is 0 Å². The molecule has 4 nitrogen and oxygen atoms in total. The van der Waals surface area contributed by atoms with Crippen LogP contribution in [0.2, 0.25) is 0 Å². The highest BCUT2D eigenvalue weighted by atomic mass is 16.2. The third kappa shape index (κ3) is 2.42. The second-order valence-electron chi connectivity index (χ2n) is 6.13. The molecule has 0 aliphatic carbocycles. The molecule has 0 spiro atoms. The molecule has 1 fully saturated rings. The van der Waals surface area contributed by atoms with Crippen molar-refractivity contribution in [1.29, 1.82) is 0 Å². The molecule has 2 atom stereocenters. The van der Waals surface area contributed by atoms with Gasteiger partial charge >= 0.3 is 0 Å². The fourth-order valence-electron chi connectivity index (χ4n) is 3.18. The first kappa shape index (κ1) is 13.2. The van der Waals surface area contributed by atoms with E-state index < -0.39 is 0 Å². The molecular formula is C16H20N2O2. The van der Waals surface area contributed by atoms with Crippen molar-refractivity contribution >= 4 is 11.8 Å². The summed E-state index contributed by atoms with van der Waals surface area (Å²) < 4.78 is 0. The topological polar surface area (TPSA) is 49.4 Å². The molecule has 106 valence electrons. The standard InChI is InChI=1S/C16H20N2O2/c1-10-3-4-12-8-18(9-13(12)5-10)16(20)14-6-11(2)7-15(19)17-14/h3-5,11,14H,6-9H2,1-2H3,(H,17,19)/t11-,14-/m0/s1. The van der Waals surface area contributed by atoms with E-state index in [0.29, 0.717) is 19.5 Å². The van der Waals surface area contributed by atoms with E-state index in [-0.39, 0.29) is 23.8 Å². The van der Waals surface area contributed by atoms with Crippen molar-refractivity contribution in [2.75, 3.05) is 0 Å². The summed E-state index contributed by atoms with van der Waals surface area (Å²) in [4.78, 5) is 26.0. The largest absolute Gasteiger partial charge is 0.344 e. The fraction of sp³-hybridized carbons (Fsp3) is 0.500. The minimum absolute atomic E-state index is 0.00495. The van der Waals surface area contributed by atoms with Crippen LogP contribution in [-0.2, 0) is 22.7 Å². The maximum absolute atomic E-state index is 12.6. The molecule has 0 unspecified atom stereocenters. The van der Waals surface area contributed by atoms with Crippen molar-refractivity contribution in [3.05, 3.63) is 34.9 Å². The molecule has 2 amide bonds. The molecule has 20 heavy (non-hydrogen) atoms. The van der Waals surface area contributed by atoms with Gasteiger partial charge in [-0.25, -0.2) is 0 Å². The minimum Gasteiger partial charge on any atom is -0.344 e. The van der Waals surface area contributed by atoms with Crippen molar-refractivity contribution in [3.63, 3.8) is 0 Å². The van der Waals surface area contributed by atoms with Gasteiger partial charge in [-0.3, -0.25) is 9.59 Å². The van der Waals surface area contributed by atoms with Gasteiger partial charge in [0.2, 0.25) is 11.8 Å². The molecule has 1 aromatic rings. The first-order chi connectivity index (χ1) is 9.52. The van der Waals surface area contributed by atoms with Crippen molar-refractivity contribution < 1.29 is 9.59 Å². The maximum atomic E-state index is 12.6. The predicted molar refractivity (Wildman–Crippen MR) is 75.8 cm³/mol. The van der Waals surface area contributed by atoms with Crippen molar-refractivity contribution in [3.8, 4) is 0 Å². The van der Waals surface area contributed by atoms with E-state index in [1.165, 1.54) is 16.7 Å². The monoisotopic (exact) mass is 272 g/mol. The molecule has 0 saturated carbocycles. The summed E-state index contributed by atoms with van der Waals surface area (Å²) in [5.74, 6) is 0.332. The first-order valence-electron chi connectivity index (χ1n) is 7.19. The summed E-state index contributed by atoms with van der Waals surface area (Å²) >= 11 is 0. The third-order valence-corrected chi connectivity index (χ3v) is 4.20. The molecule has 3 rings (SSSR count). The van der Waals surface area contributed by atoms with Crippen LogP contribution in [0.15, 0.2) is 18.2 Å². The lowest BCUT2D eigenvalue weighted by Gasteiger charge is -2.30. The van der Waals surface area contributed by atoms with Gasteiger partial charge in [0.25, 0.3) is 0 Å². The van der Waals surface area contributed by atoms with Gasteiger partial charge in [0.05, 0.1) is 0 Å². The summed E-state index contributed by atoms with van der Waals surface area (Å²) in [5.41, 5.74) is 3.67. The van der Waals surface area contributed by atoms with Crippen LogP contribution in [0.4, 0.5) is 0 Å². The SMILES string of the molecule is Cc1ccc2c(c1)CN(C(=O)[C@@H]1C[C@H](C)CC(=O)N1)C2. The molecule has 0 radical (unpaired) electrons. The Morgan fingerprint density at radius 2 is 2.05 bits per heavy atom. The van der Waals surface area contributed by atoms with E-state index in [0.717, 1.165) is 6.42 Å². The number of hydrogen-bond donors (Lipinski definition) is 1. The smallest absolute Gasteiger partial charge is 0.245 e. The molecule has 2 aliphatic rings. The Hall–Kier alpha value is -1.84. The molecule has 2 heterocycles. The number of carbonyl (C=O) groups is 2. The summed E-state index contributed by atoms with van der Waals surface area (Å²) in [6.45, 7) is 5.42. The number of aryl methyl sites for hydroxylation is 1. The predicted octanol–water partition coefficient (Wildman–Crippen LogP) is 1.75. The molecule has 0 aromatic heterocycles. The Labute approximate surface area is 119 Å². The normalized spacial score (nSPS) is 25.3. The van der Waals surface area contributed by atoms with E-state index in [1.807, 2.05) is 11.8 Å². The molecule has 0 bridgehead atoms. The van der Waals surface area contributed by atoms with Gasteiger partial charge in [0.15, 0.2) is 0 Å². The van der Waals surface area contributed by atoms with Gasteiger partial charge in [-0.2, -0.15) is 0 Å². The van der Waals surface area contributed by atoms with Crippen LogP contribution >= 0.6 is 0 Å². The number of carbonyl (C=O) groups excluding carboxylic acids is 2. The van der Waals surface area contributed by atoms with Crippen LogP contribution in [0.25, 0.3) is 0 Å². The molecular weight excluding hydrogens is 252 g/mol. The molecule has 4 heteroatoms. The van der Waals surface area contributed by atoms with Crippen molar-refractivity contribution in [1.82, 2.24) is 10.2 Å². The second-order valence-corrected chi connectivity index (χ2v) is 6.13. The third-order valence-electron chi connectivity index (χ3n) is 4.20. The van der Waals surface area contributed by atoms with Gasteiger partial charge in [-0.1, -0.05) is 30.7 Å². The Bertz CT molecular complexity index is 568. The molecule has 2 aliphatic heterocycles. The molecule has 1 N–H and O–H groups in total. The summed E-state index contributed by atoms with van der Waals surface area (Å²) in [6, 6.07) is 5.98. The van der Waals surface area contributed by atoms with E-state index in [4.69, 9.17) is 0 Å². The number of amides is 2. The van der Waals surface area contributed by atoms with Crippen LogP contribution in [0.1, 0.15) is 36.5 Å². The zero-order valence-electron chi connectivity index (χ0n) is 12.0. The average Bonchev–Trinajstić information content (AvgIpc) is 2.79. The Kier molecular flexibility index (Phi) is 3.24. The highest BCUT2D eigenvalue weighted by Crippen LogP contribution is 2.26. The zero-order chi connectivity index (χ0) is 14.3. The van der Waals surface area contributed by atoms with Gasteiger partial charge < -0.3 is 10.2 Å². The van der Waals surface area contributed by atoms with Gasteiger partial charge in [-0.05, 0) is 30.4 Å². The van der Waals surface area contributed by atoms with Crippen molar-refractivity contribution in [2.24, 2.45) is 5.92 Å². The average molecular weight is 272 g/mol.